The molecule has 0 saturated heterocycles. The van der Waals surface area contributed by atoms with E-state index in [0.29, 0.717) is 6.54 Å². The zero-order valence-electron chi connectivity index (χ0n) is 7.57. The van der Waals surface area contributed by atoms with Crippen molar-refractivity contribution in [2.24, 2.45) is 0 Å². The number of rotatable bonds is 3. The van der Waals surface area contributed by atoms with Crippen molar-refractivity contribution in [3.8, 4) is 5.75 Å². The summed E-state index contributed by atoms with van der Waals surface area (Å²) in [6.07, 6.45) is 4.12. The lowest BCUT2D eigenvalue weighted by Gasteiger charge is -2.20. The number of hydrogen-bond acceptors (Lipinski definition) is 2. The number of benzene rings is 1. The Morgan fingerprint density at radius 1 is 1.43 bits per heavy atom. The fourth-order valence-corrected chi connectivity index (χ4v) is 1.47. The number of thiocarbonyl (C=S) groups is 1. The first-order valence-electron chi connectivity index (χ1n) is 4.44. The standard InChI is InChI=1S/C11H10NOS/c14-8-12-7-10-6-5-9-3-1-2-4-11(9)13-10/h1-6,10H,7H2,(H,12,14). The third-order valence-electron chi connectivity index (χ3n) is 2.06. The molecule has 0 spiro atoms. The second-order valence-corrected chi connectivity index (χ2v) is 3.24. The lowest BCUT2D eigenvalue weighted by molar-refractivity contribution is 0.248. The molecular weight excluding hydrogens is 194 g/mol. The van der Waals surface area contributed by atoms with Crippen molar-refractivity contribution >= 4 is 23.8 Å². The van der Waals surface area contributed by atoms with E-state index in [0.717, 1.165) is 11.3 Å². The maximum Gasteiger partial charge on any atom is 0.134 e. The summed E-state index contributed by atoms with van der Waals surface area (Å²) in [6, 6.07) is 7.96. The van der Waals surface area contributed by atoms with Crippen molar-refractivity contribution in [3.05, 3.63) is 35.9 Å². The van der Waals surface area contributed by atoms with E-state index >= 15 is 0 Å². The Balaban J connectivity index is 2.09. The van der Waals surface area contributed by atoms with Crippen molar-refractivity contribution in [2.45, 2.75) is 6.10 Å². The molecule has 3 heteroatoms. The Kier molecular flexibility index (Phi) is 2.79. The van der Waals surface area contributed by atoms with Gasteiger partial charge in [-0.1, -0.05) is 36.5 Å². The van der Waals surface area contributed by atoms with E-state index in [4.69, 9.17) is 4.74 Å². The van der Waals surface area contributed by atoms with Crippen LogP contribution in [0.4, 0.5) is 0 Å². The summed E-state index contributed by atoms with van der Waals surface area (Å²) < 4.78 is 5.70. The second-order valence-electron chi connectivity index (χ2n) is 3.04. The molecule has 1 aliphatic heterocycles. The van der Waals surface area contributed by atoms with E-state index in [1.54, 1.807) is 0 Å². The molecule has 2 nitrogen and oxygen atoms in total. The molecule has 1 radical (unpaired) electrons. The summed E-state index contributed by atoms with van der Waals surface area (Å²) in [5, 5.41) is 2.84. The van der Waals surface area contributed by atoms with E-state index in [9.17, 15) is 0 Å². The molecule has 1 atom stereocenters. The molecular formula is C11H10NOS. The second kappa shape index (κ2) is 4.24. The first kappa shape index (κ1) is 9.21. The van der Waals surface area contributed by atoms with Crippen molar-refractivity contribution < 1.29 is 4.74 Å². The molecule has 1 N–H and O–H groups in total. The smallest absolute Gasteiger partial charge is 0.134 e. The number of para-hydroxylation sites is 1. The first-order valence-corrected chi connectivity index (χ1v) is 4.85. The van der Waals surface area contributed by atoms with Crippen LogP contribution in [0.1, 0.15) is 5.56 Å². The number of ether oxygens (including phenoxy) is 1. The number of hydrogen-bond donors (Lipinski definition) is 1. The Morgan fingerprint density at radius 2 is 2.29 bits per heavy atom. The highest BCUT2D eigenvalue weighted by molar-refractivity contribution is 7.78. The minimum atomic E-state index is 0.0420. The Hall–Kier alpha value is -1.35. The van der Waals surface area contributed by atoms with Crippen LogP contribution in [0.15, 0.2) is 30.3 Å². The van der Waals surface area contributed by atoms with Gasteiger partial charge in [-0.2, -0.15) is 0 Å². The lowest BCUT2D eigenvalue weighted by Crippen LogP contribution is -2.29. The molecule has 1 aromatic rings. The van der Waals surface area contributed by atoms with Gasteiger partial charge in [0, 0.05) is 5.56 Å². The average Bonchev–Trinajstić information content (AvgIpc) is 2.26. The van der Waals surface area contributed by atoms with Crippen LogP contribution in [0.5, 0.6) is 5.75 Å². The first-order chi connectivity index (χ1) is 6.90. The normalized spacial score (nSPS) is 18.1. The zero-order chi connectivity index (χ0) is 9.80. The largest absolute Gasteiger partial charge is 0.484 e. The molecule has 0 bridgehead atoms. The maximum absolute atomic E-state index is 5.70. The van der Waals surface area contributed by atoms with Gasteiger partial charge in [-0.15, -0.1) is 0 Å². The minimum Gasteiger partial charge on any atom is -0.484 e. The monoisotopic (exact) mass is 204 g/mol. The molecule has 0 aromatic heterocycles. The molecule has 71 valence electrons. The van der Waals surface area contributed by atoms with Gasteiger partial charge in [0.25, 0.3) is 0 Å². The van der Waals surface area contributed by atoms with Crippen LogP contribution in [0, 0.1) is 0 Å². The van der Waals surface area contributed by atoms with Crippen LogP contribution in [0.3, 0.4) is 0 Å². The van der Waals surface area contributed by atoms with Gasteiger partial charge in [0.2, 0.25) is 0 Å². The van der Waals surface area contributed by atoms with Crippen LogP contribution >= 0.6 is 12.2 Å². The summed E-state index contributed by atoms with van der Waals surface area (Å²) >= 11 is 4.56. The molecule has 0 saturated carbocycles. The van der Waals surface area contributed by atoms with Gasteiger partial charge in [-0.25, -0.2) is 0 Å². The van der Waals surface area contributed by atoms with Crippen molar-refractivity contribution in [1.82, 2.24) is 5.32 Å². The molecule has 0 fully saturated rings. The van der Waals surface area contributed by atoms with E-state index in [-0.39, 0.29) is 6.10 Å². The van der Waals surface area contributed by atoms with Crippen molar-refractivity contribution in [3.63, 3.8) is 0 Å². The van der Waals surface area contributed by atoms with Crippen LogP contribution < -0.4 is 10.1 Å². The van der Waals surface area contributed by atoms with Crippen molar-refractivity contribution in [2.75, 3.05) is 6.54 Å². The molecule has 1 heterocycles. The van der Waals surface area contributed by atoms with Gasteiger partial charge >= 0.3 is 0 Å². The fraction of sp³-hybridized carbons (Fsp3) is 0.182. The Labute approximate surface area is 88.6 Å². The van der Waals surface area contributed by atoms with E-state index < -0.39 is 0 Å². The lowest BCUT2D eigenvalue weighted by atomic mass is 10.1. The SMILES string of the molecule is S=[C]NCC1C=Cc2ccccc2O1. The predicted molar refractivity (Wildman–Crippen MR) is 60.5 cm³/mol. The van der Waals surface area contributed by atoms with Crippen molar-refractivity contribution in [1.29, 1.82) is 0 Å². The highest BCUT2D eigenvalue weighted by atomic mass is 32.1. The minimum absolute atomic E-state index is 0.0420. The number of fused-ring (bicyclic) bond motifs is 1. The fourth-order valence-electron chi connectivity index (χ4n) is 1.39. The topological polar surface area (TPSA) is 21.3 Å². The van der Waals surface area contributed by atoms with Crippen LogP contribution in [0.2, 0.25) is 0 Å². The molecule has 0 amide bonds. The Morgan fingerprint density at radius 3 is 3.14 bits per heavy atom. The average molecular weight is 204 g/mol. The number of nitrogens with one attached hydrogen (secondary N) is 1. The van der Waals surface area contributed by atoms with E-state index in [2.05, 4.69) is 29.1 Å². The highest BCUT2D eigenvalue weighted by Crippen LogP contribution is 2.24. The Bertz CT molecular complexity index is 362. The predicted octanol–water partition coefficient (Wildman–Crippen LogP) is 1.88. The third-order valence-corrected chi connectivity index (χ3v) is 2.21. The van der Waals surface area contributed by atoms with E-state index in [1.807, 2.05) is 30.3 Å². The van der Waals surface area contributed by atoms with Crippen LogP contribution in [-0.4, -0.2) is 18.1 Å². The van der Waals surface area contributed by atoms with Gasteiger partial charge < -0.3 is 10.1 Å². The van der Waals surface area contributed by atoms with E-state index in [1.165, 1.54) is 0 Å². The van der Waals surface area contributed by atoms with Gasteiger partial charge in [-0.3, -0.25) is 0 Å². The molecule has 0 aliphatic carbocycles. The van der Waals surface area contributed by atoms with Gasteiger partial charge in [0.05, 0.1) is 6.54 Å². The molecule has 14 heavy (non-hydrogen) atoms. The molecule has 2 rings (SSSR count). The van der Waals surface area contributed by atoms with Crippen LogP contribution in [-0.2, 0) is 0 Å². The summed E-state index contributed by atoms with van der Waals surface area (Å²) in [6.45, 7) is 0.661. The van der Waals surface area contributed by atoms with Gasteiger partial charge in [-0.05, 0) is 12.1 Å². The van der Waals surface area contributed by atoms with Gasteiger partial charge in [0.1, 0.15) is 17.3 Å². The molecule has 1 aliphatic rings. The van der Waals surface area contributed by atoms with Crippen LogP contribution in [0.25, 0.3) is 6.08 Å². The maximum atomic E-state index is 5.70. The highest BCUT2D eigenvalue weighted by Gasteiger charge is 2.12. The quantitative estimate of drug-likeness (QED) is 0.600. The summed E-state index contributed by atoms with van der Waals surface area (Å²) in [7, 11) is 0. The third kappa shape index (κ3) is 1.93. The van der Waals surface area contributed by atoms with Gasteiger partial charge in [0.15, 0.2) is 0 Å². The summed E-state index contributed by atoms with van der Waals surface area (Å²) in [5.74, 6) is 0.922. The summed E-state index contributed by atoms with van der Waals surface area (Å²) in [4.78, 5) is 0. The summed E-state index contributed by atoms with van der Waals surface area (Å²) in [5.41, 5.74) is 3.58. The molecule has 1 aromatic carbocycles. The molecule has 1 unspecified atom stereocenters. The zero-order valence-corrected chi connectivity index (χ0v) is 8.38.